The van der Waals surface area contributed by atoms with Gasteiger partial charge in [0.1, 0.15) is 22.7 Å². The van der Waals surface area contributed by atoms with Crippen molar-refractivity contribution in [3.63, 3.8) is 0 Å². The van der Waals surface area contributed by atoms with E-state index in [-0.39, 0.29) is 0 Å². The maximum atomic E-state index is 6.10. The van der Waals surface area contributed by atoms with Crippen LogP contribution in [0.15, 0.2) is 40.8 Å². The summed E-state index contributed by atoms with van der Waals surface area (Å²) in [4.78, 5) is 4.94. The molecule has 3 heterocycles. The molecule has 1 aromatic heterocycles. The fourth-order valence-corrected chi connectivity index (χ4v) is 4.08. The Hall–Kier alpha value is -2.24. The summed E-state index contributed by atoms with van der Waals surface area (Å²) in [5.41, 5.74) is 1.74. The van der Waals surface area contributed by atoms with Crippen LogP contribution in [0.4, 0.5) is 0 Å². The van der Waals surface area contributed by atoms with E-state index in [2.05, 4.69) is 21.9 Å². The topological polar surface area (TPSA) is 38.1 Å². The number of benzene rings is 2. The SMILES string of the molecule is c1cc2c(cc1OCCCN1CCC1)oc1cc(OCCCN3CCC3)ccc12. The minimum absolute atomic E-state index is 0.748. The number of hydrogen-bond acceptors (Lipinski definition) is 5. The largest absolute Gasteiger partial charge is 0.493 e. The fraction of sp³-hybridized carbons (Fsp3) is 0.500. The third-order valence-corrected chi connectivity index (χ3v) is 6.09. The Labute approximate surface area is 172 Å². The lowest BCUT2D eigenvalue weighted by Crippen LogP contribution is -2.38. The summed E-state index contributed by atoms with van der Waals surface area (Å²) in [6.45, 7) is 8.74. The lowest BCUT2D eigenvalue weighted by Gasteiger charge is -2.30. The molecule has 3 aromatic rings. The fourth-order valence-electron chi connectivity index (χ4n) is 4.08. The number of rotatable bonds is 10. The summed E-state index contributed by atoms with van der Waals surface area (Å²) in [5.74, 6) is 1.75. The van der Waals surface area contributed by atoms with Crippen molar-refractivity contribution < 1.29 is 13.9 Å². The summed E-state index contributed by atoms with van der Waals surface area (Å²) in [6.07, 6.45) is 4.82. The van der Waals surface area contributed by atoms with Gasteiger partial charge < -0.3 is 23.7 Å². The van der Waals surface area contributed by atoms with Gasteiger partial charge in [0.25, 0.3) is 0 Å². The average Bonchev–Trinajstić information content (AvgIpc) is 3.01. The maximum absolute atomic E-state index is 6.10. The van der Waals surface area contributed by atoms with Gasteiger partial charge in [-0.2, -0.15) is 0 Å². The molecule has 0 aliphatic carbocycles. The zero-order chi connectivity index (χ0) is 19.5. The molecule has 0 spiro atoms. The zero-order valence-corrected chi connectivity index (χ0v) is 17.1. The number of hydrogen-bond donors (Lipinski definition) is 0. The summed E-state index contributed by atoms with van der Waals surface area (Å²) in [7, 11) is 0. The Balaban J connectivity index is 1.19. The van der Waals surface area contributed by atoms with E-state index >= 15 is 0 Å². The van der Waals surface area contributed by atoms with Crippen LogP contribution in [0.2, 0.25) is 0 Å². The molecule has 0 saturated carbocycles. The predicted molar refractivity (Wildman–Crippen MR) is 116 cm³/mol. The Bertz CT molecular complexity index is 883. The van der Waals surface area contributed by atoms with Crippen LogP contribution in [0.25, 0.3) is 21.9 Å². The number of ether oxygens (including phenoxy) is 2. The van der Waals surface area contributed by atoms with E-state index in [1.807, 2.05) is 24.3 Å². The van der Waals surface area contributed by atoms with E-state index in [4.69, 9.17) is 13.9 Å². The van der Waals surface area contributed by atoms with Crippen LogP contribution in [0.3, 0.4) is 0 Å². The van der Waals surface area contributed by atoms with Crippen molar-refractivity contribution in [1.82, 2.24) is 9.80 Å². The summed E-state index contributed by atoms with van der Waals surface area (Å²) < 4.78 is 18.0. The van der Waals surface area contributed by atoms with Gasteiger partial charge in [0.15, 0.2) is 0 Å². The highest BCUT2D eigenvalue weighted by Gasteiger charge is 2.14. The minimum atomic E-state index is 0.748. The van der Waals surface area contributed by atoms with Crippen LogP contribution in [0.5, 0.6) is 11.5 Å². The molecule has 5 heteroatoms. The Morgan fingerprint density at radius 3 is 1.59 bits per heavy atom. The Morgan fingerprint density at radius 1 is 0.690 bits per heavy atom. The van der Waals surface area contributed by atoms with Gasteiger partial charge in [-0.15, -0.1) is 0 Å². The number of likely N-dealkylation sites (tertiary alicyclic amines) is 2. The molecule has 2 aliphatic rings. The normalized spacial score (nSPS) is 17.4. The standard InChI is InChI=1S/C24H30N2O3/c1-9-25(10-1)13-3-15-27-19-5-7-21-22-8-6-20(18-24(22)29-23(21)17-19)28-16-4-14-26-11-2-12-26/h5-8,17-18H,1-4,9-16H2. The van der Waals surface area contributed by atoms with Gasteiger partial charge in [-0.3, -0.25) is 0 Å². The average molecular weight is 395 g/mol. The van der Waals surface area contributed by atoms with Crippen LogP contribution in [0.1, 0.15) is 25.7 Å². The van der Waals surface area contributed by atoms with E-state index in [1.54, 1.807) is 0 Å². The van der Waals surface area contributed by atoms with Crippen molar-refractivity contribution >= 4 is 21.9 Å². The summed E-state index contributed by atoms with van der Waals surface area (Å²) in [5, 5.41) is 2.24. The highest BCUT2D eigenvalue weighted by molar-refractivity contribution is 6.05. The van der Waals surface area contributed by atoms with Crippen molar-refractivity contribution in [2.75, 3.05) is 52.5 Å². The van der Waals surface area contributed by atoms with Crippen LogP contribution in [-0.2, 0) is 0 Å². The molecular formula is C24H30N2O3. The van der Waals surface area contributed by atoms with E-state index in [0.29, 0.717) is 0 Å². The van der Waals surface area contributed by atoms with E-state index in [1.165, 1.54) is 39.0 Å². The van der Waals surface area contributed by atoms with Crippen molar-refractivity contribution in [3.05, 3.63) is 36.4 Å². The third kappa shape index (κ3) is 4.36. The third-order valence-electron chi connectivity index (χ3n) is 6.09. The minimum Gasteiger partial charge on any atom is -0.493 e. The van der Waals surface area contributed by atoms with Crippen molar-refractivity contribution in [2.45, 2.75) is 25.7 Å². The molecule has 2 fully saturated rings. The number of fused-ring (bicyclic) bond motifs is 3. The van der Waals surface area contributed by atoms with Crippen LogP contribution in [0, 0.1) is 0 Å². The molecule has 2 aromatic carbocycles. The molecule has 5 rings (SSSR count). The lowest BCUT2D eigenvalue weighted by molar-refractivity contribution is 0.165. The summed E-state index contributed by atoms with van der Waals surface area (Å²) in [6, 6.07) is 12.3. The number of furan rings is 1. The first-order valence-corrected chi connectivity index (χ1v) is 11.0. The molecule has 29 heavy (non-hydrogen) atoms. The zero-order valence-electron chi connectivity index (χ0n) is 17.1. The quantitative estimate of drug-likeness (QED) is 0.472. The second-order valence-electron chi connectivity index (χ2n) is 8.21. The van der Waals surface area contributed by atoms with Crippen LogP contribution >= 0.6 is 0 Å². The molecule has 5 nitrogen and oxygen atoms in total. The highest BCUT2D eigenvalue weighted by atomic mass is 16.5. The molecule has 0 radical (unpaired) electrons. The molecule has 0 bridgehead atoms. The van der Waals surface area contributed by atoms with Crippen molar-refractivity contribution in [2.24, 2.45) is 0 Å². The first-order chi connectivity index (χ1) is 14.3. The maximum Gasteiger partial charge on any atom is 0.139 e. The van der Waals surface area contributed by atoms with Gasteiger partial charge in [-0.25, -0.2) is 0 Å². The molecular weight excluding hydrogens is 364 g/mol. The highest BCUT2D eigenvalue weighted by Crippen LogP contribution is 2.33. The van der Waals surface area contributed by atoms with Crippen LogP contribution < -0.4 is 9.47 Å². The van der Waals surface area contributed by atoms with E-state index < -0.39 is 0 Å². The van der Waals surface area contributed by atoms with Gasteiger partial charge in [0.05, 0.1) is 13.2 Å². The van der Waals surface area contributed by atoms with Gasteiger partial charge in [-0.1, -0.05) is 0 Å². The first kappa shape index (κ1) is 18.8. The van der Waals surface area contributed by atoms with Gasteiger partial charge in [0.2, 0.25) is 0 Å². The molecule has 0 atom stereocenters. The second-order valence-corrected chi connectivity index (χ2v) is 8.21. The lowest BCUT2D eigenvalue weighted by atomic mass is 10.1. The Morgan fingerprint density at radius 2 is 1.17 bits per heavy atom. The monoisotopic (exact) mass is 394 g/mol. The van der Waals surface area contributed by atoms with Crippen molar-refractivity contribution in [3.8, 4) is 11.5 Å². The van der Waals surface area contributed by atoms with Crippen molar-refractivity contribution in [1.29, 1.82) is 0 Å². The molecule has 154 valence electrons. The second kappa shape index (κ2) is 8.64. The summed E-state index contributed by atoms with van der Waals surface area (Å²) >= 11 is 0. The molecule has 0 unspecified atom stereocenters. The smallest absolute Gasteiger partial charge is 0.139 e. The predicted octanol–water partition coefficient (Wildman–Crippen LogP) is 4.54. The van der Waals surface area contributed by atoms with Gasteiger partial charge in [0, 0.05) is 36.0 Å². The van der Waals surface area contributed by atoms with Crippen LogP contribution in [-0.4, -0.2) is 62.3 Å². The van der Waals surface area contributed by atoms with E-state index in [9.17, 15) is 0 Å². The van der Waals surface area contributed by atoms with Gasteiger partial charge in [-0.05, 0) is 76.1 Å². The van der Waals surface area contributed by atoms with Gasteiger partial charge >= 0.3 is 0 Å². The Kier molecular flexibility index (Phi) is 5.59. The molecule has 0 N–H and O–H groups in total. The molecule has 0 amide bonds. The van der Waals surface area contributed by atoms with E-state index in [0.717, 1.165) is 72.6 Å². The number of nitrogens with zero attached hydrogens (tertiary/aromatic N) is 2. The molecule has 2 saturated heterocycles. The first-order valence-electron chi connectivity index (χ1n) is 11.0. The molecule has 2 aliphatic heterocycles.